The van der Waals surface area contributed by atoms with Crippen LogP contribution in [0.1, 0.15) is 38.5 Å². The summed E-state index contributed by atoms with van der Waals surface area (Å²) in [5, 5.41) is 19.0. The molecule has 0 saturated heterocycles. The highest BCUT2D eigenvalue weighted by Crippen LogP contribution is 2.25. The zero-order valence-corrected chi connectivity index (χ0v) is 14.7. The maximum absolute atomic E-state index is 10.5. The standard InChI is InChI=1S/C16H29N3O2S/c1-4-17-15(18-10-6-7-11-21-5-2)19-13-16(3,20)14-9-8-12-22-14/h8-9,12,20H,4-7,10-11,13H2,1-3H3,(H2,17,18,19). The number of hydrogen-bond acceptors (Lipinski definition) is 4. The maximum atomic E-state index is 10.5. The summed E-state index contributed by atoms with van der Waals surface area (Å²) in [6.07, 6.45) is 2.07. The summed E-state index contributed by atoms with van der Waals surface area (Å²) in [6, 6.07) is 3.88. The van der Waals surface area contributed by atoms with Crippen LogP contribution in [0.2, 0.25) is 0 Å². The maximum Gasteiger partial charge on any atom is 0.191 e. The number of guanidine groups is 1. The van der Waals surface area contributed by atoms with Crippen molar-refractivity contribution in [3.63, 3.8) is 0 Å². The van der Waals surface area contributed by atoms with Crippen LogP contribution in [0.5, 0.6) is 0 Å². The molecule has 0 aromatic carbocycles. The Hall–Kier alpha value is -1.11. The minimum absolute atomic E-state index is 0.335. The lowest BCUT2D eigenvalue weighted by molar-refractivity contribution is 0.0711. The minimum Gasteiger partial charge on any atom is -0.383 e. The first-order valence-electron chi connectivity index (χ1n) is 7.96. The molecule has 0 fully saturated rings. The molecule has 1 atom stereocenters. The Kier molecular flexibility index (Phi) is 9.11. The third-order valence-electron chi connectivity index (χ3n) is 3.15. The van der Waals surface area contributed by atoms with Gasteiger partial charge in [-0.25, -0.2) is 4.99 Å². The highest BCUT2D eigenvalue weighted by molar-refractivity contribution is 7.10. The molecule has 1 heterocycles. The molecule has 0 aliphatic heterocycles. The van der Waals surface area contributed by atoms with Crippen molar-refractivity contribution in [2.45, 2.75) is 39.2 Å². The molecule has 0 aliphatic rings. The third kappa shape index (κ3) is 7.24. The van der Waals surface area contributed by atoms with Crippen LogP contribution < -0.4 is 10.6 Å². The highest BCUT2D eigenvalue weighted by Gasteiger charge is 2.23. The van der Waals surface area contributed by atoms with Crippen LogP contribution in [0.3, 0.4) is 0 Å². The molecule has 1 aromatic rings. The fourth-order valence-corrected chi connectivity index (χ4v) is 2.70. The zero-order chi connectivity index (χ0) is 16.3. The van der Waals surface area contributed by atoms with Gasteiger partial charge in [-0.3, -0.25) is 0 Å². The second-order valence-electron chi connectivity index (χ2n) is 5.28. The van der Waals surface area contributed by atoms with E-state index in [4.69, 9.17) is 4.74 Å². The van der Waals surface area contributed by atoms with Crippen molar-refractivity contribution >= 4 is 17.3 Å². The van der Waals surface area contributed by atoms with E-state index in [1.165, 1.54) is 0 Å². The number of hydrogen-bond donors (Lipinski definition) is 3. The summed E-state index contributed by atoms with van der Waals surface area (Å²) >= 11 is 1.55. The van der Waals surface area contributed by atoms with Gasteiger partial charge in [0.2, 0.25) is 0 Å². The van der Waals surface area contributed by atoms with E-state index >= 15 is 0 Å². The summed E-state index contributed by atoms with van der Waals surface area (Å²) in [4.78, 5) is 5.43. The van der Waals surface area contributed by atoms with Gasteiger partial charge in [0.05, 0.1) is 6.54 Å². The van der Waals surface area contributed by atoms with Gasteiger partial charge in [-0.15, -0.1) is 11.3 Å². The molecule has 0 saturated carbocycles. The monoisotopic (exact) mass is 327 g/mol. The number of ether oxygens (including phenoxy) is 1. The lowest BCUT2D eigenvalue weighted by Crippen LogP contribution is -2.39. The molecule has 0 bridgehead atoms. The Morgan fingerprint density at radius 2 is 2.18 bits per heavy atom. The molecule has 1 unspecified atom stereocenters. The summed E-state index contributed by atoms with van der Waals surface area (Å²) in [5.74, 6) is 0.746. The summed E-state index contributed by atoms with van der Waals surface area (Å²) in [7, 11) is 0. The molecular formula is C16H29N3O2S. The Labute approximate surface area is 137 Å². The van der Waals surface area contributed by atoms with E-state index in [9.17, 15) is 5.11 Å². The highest BCUT2D eigenvalue weighted by atomic mass is 32.1. The van der Waals surface area contributed by atoms with Gasteiger partial charge in [0.15, 0.2) is 5.96 Å². The smallest absolute Gasteiger partial charge is 0.191 e. The molecular weight excluding hydrogens is 298 g/mol. The van der Waals surface area contributed by atoms with E-state index in [1.807, 2.05) is 31.4 Å². The number of thiophene rings is 1. The molecule has 1 aromatic heterocycles. The molecule has 126 valence electrons. The Bertz CT molecular complexity index is 419. The first-order chi connectivity index (χ1) is 10.6. The summed E-state index contributed by atoms with van der Waals surface area (Å²) in [6.45, 7) is 9.40. The van der Waals surface area contributed by atoms with E-state index in [1.54, 1.807) is 18.3 Å². The number of nitrogens with one attached hydrogen (secondary N) is 2. The van der Waals surface area contributed by atoms with E-state index < -0.39 is 5.60 Å². The largest absolute Gasteiger partial charge is 0.383 e. The predicted octanol–water partition coefficient (Wildman–Crippen LogP) is 2.33. The number of aliphatic imine (C=N–C) groups is 1. The molecule has 0 aliphatic carbocycles. The van der Waals surface area contributed by atoms with Gasteiger partial charge in [-0.2, -0.15) is 0 Å². The normalized spacial score (nSPS) is 14.6. The molecule has 0 spiro atoms. The quantitative estimate of drug-likeness (QED) is 0.350. The zero-order valence-electron chi connectivity index (χ0n) is 13.9. The van der Waals surface area contributed by atoms with Crippen LogP contribution in [0.4, 0.5) is 0 Å². The fraction of sp³-hybridized carbons (Fsp3) is 0.688. The average Bonchev–Trinajstić information content (AvgIpc) is 3.03. The van der Waals surface area contributed by atoms with Crippen LogP contribution in [-0.2, 0) is 10.3 Å². The topological polar surface area (TPSA) is 65.9 Å². The molecule has 0 amide bonds. The Morgan fingerprint density at radius 3 is 2.82 bits per heavy atom. The van der Waals surface area contributed by atoms with Crippen LogP contribution >= 0.6 is 11.3 Å². The van der Waals surface area contributed by atoms with E-state index in [-0.39, 0.29) is 0 Å². The van der Waals surface area contributed by atoms with Crippen molar-refractivity contribution in [3.05, 3.63) is 22.4 Å². The van der Waals surface area contributed by atoms with Crippen molar-refractivity contribution in [2.24, 2.45) is 4.99 Å². The molecule has 0 radical (unpaired) electrons. The van der Waals surface area contributed by atoms with Gasteiger partial charge in [-0.05, 0) is 45.1 Å². The van der Waals surface area contributed by atoms with Crippen LogP contribution in [0, 0.1) is 0 Å². The van der Waals surface area contributed by atoms with Crippen LogP contribution in [0.15, 0.2) is 22.5 Å². The fourth-order valence-electron chi connectivity index (χ4n) is 1.92. The van der Waals surface area contributed by atoms with E-state index in [0.717, 1.165) is 50.0 Å². The Morgan fingerprint density at radius 1 is 1.36 bits per heavy atom. The summed E-state index contributed by atoms with van der Waals surface area (Å²) in [5.41, 5.74) is -0.925. The molecule has 22 heavy (non-hydrogen) atoms. The van der Waals surface area contributed by atoms with E-state index in [2.05, 4.69) is 15.6 Å². The van der Waals surface area contributed by atoms with Crippen molar-refractivity contribution in [3.8, 4) is 0 Å². The van der Waals surface area contributed by atoms with Crippen LogP contribution in [-0.4, -0.2) is 43.9 Å². The second-order valence-corrected chi connectivity index (χ2v) is 6.22. The minimum atomic E-state index is -0.925. The molecule has 1 rings (SSSR count). The van der Waals surface area contributed by atoms with Crippen molar-refractivity contribution in [2.75, 3.05) is 32.8 Å². The van der Waals surface area contributed by atoms with Gasteiger partial charge in [0.1, 0.15) is 5.60 Å². The van der Waals surface area contributed by atoms with Crippen molar-refractivity contribution < 1.29 is 9.84 Å². The summed E-state index contributed by atoms with van der Waals surface area (Å²) < 4.78 is 5.32. The molecule has 3 N–H and O–H groups in total. The van der Waals surface area contributed by atoms with Crippen molar-refractivity contribution in [1.29, 1.82) is 0 Å². The van der Waals surface area contributed by atoms with Gasteiger partial charge in [0.25, 0.3) is 0 Å². The Balaban J connectivity index is 2.41. The molecule has 6 heteroatoms. The SMILES string of the molecule is CCNC(=NCC(C)(O)c1cccs1)NCCCCOCC. The first-order valence-corrected chi connectivity index (χ1v) is 8.84. The van der Waals surface area contributed by atoms with Gasteiger partial charge in [-0.1, -0.05) is 6.07 Å². The first kappa shape index (κ1) is 18.9. The number of aliphatic hydroxyl groups is 1. The second kappa shape index (κ2) is 10.6. The number of rotatable bonds is 10. The van der Waals surface area contributed by atoms with Crippen LogP contribution in [0.25, 0.3) is 0 Å². The lowest BCUT2D eigenvalue weighted by atomic mass is 10.1. The number of unbranched alkanes of at least 4 members (excludes halogenated alkanes) is 1. The van der Waals surface area contributed by atoms with Gasteiger partial charge in [0, 0.05) is 31.2 Å². The van der Waals surface area contributed by atoms with Gasteiger partial charge >= 0.3 is 0 Å². The lowest BCUT2D eigenvalue weighted by Gasteiger charge is -2.20. The number of nitrogens with zero attached hydrogens (tertiary/aromatic N) is 1. The van der Waals surface area contributed by atoms with Crippen molar-refractivity contribution in [1.82, 2.24) is 10.6 Å². The van der Waals surface area contributed by atoms with Gasteiger partial charge < -0.3 is 20.5 Å². The predicted molar refractivity (Wildman–Crippen MR) is 93.6 cm³/mol. The average molecular weight is 327 g/mol. The molecule has 5 nitrogen and oxygen atoms in total. The third-order valence-corrected chi connectivity index (χ3v) is 4.28. The van der Waals surface area contributed by atoms with E-state index in [0.29, 0.717) is 6.54 Å².